The van der Waals surface area contributed by atoms with Crippen molar-refractivity contribution in [1.29, 1.82) is 5.26 Å². The van der Waals surface area contributed by atoms with Gasteiger partial charge in [0, 0.05) is 32.3 Å². The first-order valence-electron chi connectivity index (χ1n) is 8.22. The van der Waals surface area contributed by atoms with E-state index in [1.807, 2.05) is 18.0 Å². The number of rotatable bonds is 4. The van der Waals surface area contributed by atoms with Gasteiger partial charge in [0.2, 0.25) is 11.8 Å². The molecule has 0 spiro atoms. The first-order chi connectivity index (χ1) is 12.1. The number of anilines is 1. The quantitative estimate of drug-likeness (QED) is 0.831. The number of nitrogens with zero attached hydrogens (tertiary/aromatic N) is 6. The van der Waals surface area contributed by atoms with E-state index < -0.39 is 0 Å². The fourth-order valence-electron chi connectivity index (χ4n) is 2.92. The number of piperidine rings is 1. The summed E-state index contributed by atoms with van der Waals surface area (Å²) < 4.78 is 5.24. The molecule has 3 heterocycles. The van der Waals surface area contributed by atoms with Gasteiger partial charge in [0.15, 0.2) is 5.82 Å². The fourth-order valence-corrected chi connectivity index (χ4v) is 2.92. The van der Waals surface area contributed by atoms with Gasteiger partial charge in [-0.2, -0.15) is 10.2 Å². The highest BCUT2D eigenvalue weighted by atomic mass is 16.5. The first-order valence-corrected chi connectivity index (χ1v) is 8.22. The van der Waals surface area contributed by atoms with E-state index in [0.717, 1.165) is 12.8 Å². The number of carbonyl (C=O) groups is 1. The predicted molar refractivity (Wildman–Crippen MR) is 89.8 cm³/mol. The highest BCUT2D eigenvalue weighted by molar-refractivity contribution is 5.81. The lowest BCUT2D eigenvalue weighted by Gasteiger charge is -2.31. The molecule has 8 heteroatoms. The number of hydrogen-bond donors (Lipinski definition) is 0. The molecule has 0 radical (unpaired) electrons. The first kappa shape index (κ1) is 16.9. The third-order valence-corrected chi connectivity index (χ3v) is 4.38. The minimum absolute atomic E-state index is 0.0637. The molecule has 0 saturated carbocycles. The van der Waals surface area contributed by atoms with Crippen molar-refractivity contribution in [1.82, 2.24) is 20.0 Å². The van der Waals surface area contributed by atoms with Gasteiger partial charge in [0.25, 0.3) is 0 Å². The summed E-state index contributed by atoms with van der Waals surface area (Å²) in [6.07, 6.45) is 3.16. The van der Waals surface area contributed by atoms with Crippen molar-refractivity contribution in [3.8, 4) is 6.07 Å². The Morgan fingerprint density at radius 3 is 2.76 bits per heavy atom. The molecule has 1 saturated heterocycles. The monoisotopic (exact) mass is 340 g/mol. The van der Waals surface area contributed by atoms with E-state index in [0.29, 0.717) is 36.2 Å². The molecule has 1 aliphatic rings. The third kappa shape index (κ3) is 3.94. The Morgan fingerprint density at radius 1 is 1.44 bits per heavy atom. The Bertz CT molecular complexity index is 771. The van der Waals surface area contributed by atoms with Crippen molar-refractivity contribution in [2.24, 2.45) is 0 Å². The normalized spacial score (nSPS) is 15.0. The maximum Gasteiger partial charge on any atom is 0.242 e. The van der Waals surface area contributed by atoms with Crippen LogP contribution in [0, 0.1) is 18.3 Å². The Hall–Kier alpha value is -2.95. The minimum Gasteiger partial charge on any atom is -0.350 e. The summed E-state index contributed by atoms with van der Waals surface area (Å²) in [5.41, 5.74) is 0.502. The largest absolute Gasteiger partial charge is 0.350 e. The van der Waals surface area contributed by atoms with Crippen LogP contribution in [-0.4, -0.2) is 52.6 Å². The van der Waals surface area contributed by atoms with Gasteiger partial charge >= 0.3 is 0 Å². The molecule has 0 aliphatic carbocycles. The lowest BCUT2D eigenvalue weighted by atomic mass is 9.97. The summed E-state index contributed by atoms with van der Waals surface area (Å²) in [7, 11) is 1.82. The van der Waals surface area contributed by atoms with Crippen LogP contribution in [0.3, 0.4) is 0 Å². The zero-order valence-corrected chi connectivity index (χ0v) is 14.3. The van der Waals surface area contributed by atoms with Crippen molar-refractivity contribution in [3.05, 3.63) is 35.6 Å². The maximum atomic E-state index is 12.5. The third-order valence-electron chi connectivity index (χ3n) is 4.38. The van der Waals surface area contributed by atoms with Gasteiger partial charge in [0.1, 0.15) is 11.9 Å². The van der Waals surface area contributed by atoms with Crippen molar-refractivity contribution in [3.63, 3.8) is 0 Å². The molecule has 0 unspecified atom stereocenters. The molecule has 0 bridgehead atoms. The smallest absolute Gasteiger partial charge is 0.242 e. The highest BCUT2D eigenvalue weighted by Gasteiger charge is 2.27. The molecule has 130 valence electrons. The molecule has 3 rings (SSSR count). The van der Waals surface area contributed by atoms with Crippen molar-refractivity contribution >= 4 is 11.7 Å². The molecular weight excluding hydrogens is 320 g/mol. The van der Waals surface area contributed by atoms with Crippen LogP contribution in [0.1, 0.15) is 36.0 Å². The van der Waals surface area contributed by atoms with E-state index in [4.69, 9.17) is 9.78 Å². The Balaban J connectivity index is 1.52. The Morgan fingerprint density at radius 2 is 2.20 bits per heavy atom. The van der Waals surface area contributed by atoms with Crippen LogP contribution in [0.25, 0.3) is 0 Å². The van der Waals surface area contributed by atoms with Crippen molar-refractivity contribution in [2.45, 2.75) is 25.7 Å². The van der Waals surface area contributed by atoms with Crippen LogP contribution >= 0.6 is 0 Å². The number of likely N-dealkylation sites (N-methyl/N-ethyl adjacent to an activating group) is 1. The second-order valence-corrected chi connectivity index (χ2v) is 6.21. The molecule has 1 amide bonds. The molecule has 2 aromatic rings. The van der Waals surface area contributed by atoms with Gasteiger partial charge in [-0.15, -0.1) is 0 Å². The summed E-state index contributed by atoms with van der Waals surface area (Å²) in [6, 6.07) is 5.47. The fraction of sp³-hybridized carbons (Fsp3) is 0.471. The van der Waals surface area contributed by atoms with Gasteiger partial charge in [-0.05, 0) is 31.9 Å². The number of pyridine rings is 1. The van der Waals surface area contributed by atoms with Crippen LogP contribution in [0.15, 0.2) is 22.9 Å². The second-order valence-electron chi connectivity index (χ2n) is 6.21. The lowest BCUT2D eigenvalue weighted by molar-refractivity contribution is -0.130. The Labute approximate surface area is 146 Å². The number of carbonyl (C=O) groups excluding carboxylic acids is 1. The molecule has 8 nitrogen and oxygen atoms in total. The zero-order valence-electron chi connectivity index (χ0n) is 14.3. The summed E-state index contributed by atoms with van der Waals surface area (Å²) in [5.74, 6) is 2.27. The average molecular weight is 340 g/mol. The summed E-state index contributed by atoms with van der Waals surface area (Å²) >= 11 is 0. The molecule has 2 aromatic heterocycles. The van der Waals surface area contributed by atoms with Gasteiger partial charge in [-0.25, -0.2) is 4.98 Å². The topological polar surface area (TPSA) is 99.2 Å². The van der Waals surface area contributed by atoms with E-state index in [9.17, 15) is 4.79 Å². The van der Waals surface area contributed by atoms with Gasteiger partial charge < -0.3 is 14.3 Å². The molecule has 1 fully saturated rings. The summed E-state index contributed by atoms with van der Waals surface area (Å²) in [5, 5.41) is 12.6. The van der Waals surface area contributed by atoms with Crippen LogP contribution in [0.2, 0.25) is 0 Å². The highest BCUT2D eigenvalue weighted by Crippen LogP contribution is 2.26. The molecule has 0 aromatic carbocycles. The standard InChI is InChI=1S/C17H20N6O2/c1-12-20-17(25-21-12)14-5-7-23(8-6-14)16(24)11-22(2)15-4-3-13(9-18)10-19-15/h3-4,10,14H,5-8,11H2,1-2H3. The molecule has 0 atom stereocenters. The summed E-state index contributed by atoms with van der Waals surface area (Å²) in [4.78, 5) is 24.6. The van der Waals surface area contributed by atoms with Gasteiger partial charge in [-0.3, -0.25) is 4.79 Å². The zero-order chi connectivity index (χ0) is 17.8. The predicted octanol–water partition coefficient (Wildman–Crippen LogP) is 1.49. The van der Waals surface area contributed by atoms with Crippen LogP contribution in [-0.2, 0) is 4.79 Å². The van der Waals surface area contributed by atoms with Gasteiger partial charge in [-0.1, -0.05) is 5.16 Å². The molecule has 0 N–H and O–H groups in total. The van der Waals surface area contributed by atoms with Crippen LogP contribution < -0.4 is 4.90 Å². The molecule has 25 heavy (non-hydrogen) atoms. The lowest BCUT2D eigenvalue weighted by Crippen LogP contribution is -2.43. The van der Waals surface area contributed by atoms with E-state index >= 15 is 0 Å². The maximum absolute atomic E-state index is 12.5. The van der Waals surface area contributed by atoms with Crippen LogP contribution in [0.4, 0.5) is 5.82 Å². The minimum atomic E-state index is 0.0637. The number of amides is 1. The molecular formula is C17H20N6O2. The van der Waals surface area contributed by atoms with Gasteiger partial charge in [0.05, 0.1) is 12.1 Å². The number of hydrogen-bond acceptors (Lipinski definition) is 7. The number of aromatic nitrogens is 3. The number of nitriles is 1. The van der Waals surface area contributed by atoms with E-state index in [1.165, 1.54) is 6.20 Å². The number of aryl methyl sites for hydroxylation is 1. The Kier molecular flexibility index (Phi) is 4.93. The van der Waals surface area contributed by atoms with E-state index in [1.54, 1.807) is 24.0 Å². The van der Waals surface area contributed by atoms with Crippen molar-refractivity contribution in [2.75, 3.05) is 31.6 Å². The van der Waals surface area contributed by atoms with E-state index in [2.05, 4.69) is 15.1 Å². The van der Waals surface area contributed by atoms with Crippen molar-refractivity contribution < 1.29 is 9.32 Å². The number of likely N-dealkylation sites (tertiary alicyclic amines) is 1. The summed E-state index contributed by atoms with van der Waals surface area (Å²) in [6.45, 7) is 3.42. The molecule has 1 aliphatic heterocycles. The average Bonchev–Trinajstić information content (AvgIpc) is 3.08. The second kappa shape index (κ2) is 7.30. The van der Waals surface area contributed by atoms with Crippen LogP contribution in [0.5, 0.6) is 0 Å². The van der Waals surface area contributed by atoms with E-state index in [-0.39, 0.29) is 18.4 Å². The SMILES string of the molecule is Cc1noc(C2CCN(C(=O)CN(C)c3ccc(C#N)cn3)CC2)n1.